The zero-order valence-electron chi connectivity index (χ0n) is 14.1. The molecule has 6 nitrogen and oxygen atoms in total. The van der Waals surface area contributed by atoms with Crippen molar-refractivity contribution >= 4 is 5.91 Å². The minimum absolute atomic E-state index is 0.430. The van der Waals surface area contributed by atoms with Crippen molar-refractivity contribution in [3.8, 4) is 0 Å². The number of carbonyl (C=O) groups excluding carboxylic acids is 1. The maximum atomic E-state index is 11.5. The van der Waals surface area contributed by atoms with E-state index in [1.165, 1.54) is 45.2 Å². The van der Waals surface area contributed by atoms with E-state index in [-0.39, 0.29) is 0 Å². The highest BCUT2D eigenvalue weighted by molar-refractivity contribution is 5.93. The van der Waals surface area contributed by atoms with Gasteiger partial charge in [0.15, 0.2) is 0 Å². The Hall–Kier alpha value is -1.50. The summed E-state index contributed by atoms with van der Waals surface area (Å²) in [4.78, 5) is 18.6. The van der Waals surface area contributed by atoms with Crippen LogP contribution in [0.1, 0.15) is 53.7 Å². The van der Waals surface area contributed by atoms with Crippen LogP contribution in [-0.4, -0.2) is 46.7 Å². The summed E-state index contributed by atoms with van der Waals surface area (Å²) in [6.45, 7) is 4.27. The smallest absolute Gasteiger partial charge is 0.276 e. The average Bonchev–Trinajstić information content (AvgIpc) is 3.04. The Balaban J connectivity index is 1.44. The second-order valence-corrected chi connectivity index (χ2v) is 7.64. The van der Waals surface area contributed by atoms with Crippen molar-refractivity contribution in [3.63, 3.8) is 0 Å². The Bertz CT molecular complexity index is 627. The van der Waals surface area contributed by atoms with Crippen LogP contribution in [0.15, 0.2) is 12.3 Å². The zero-order valence-corrected chi connectivity index (χ0v) is 14.1. The molecule has 1 saturated carbocycles. The first-order chi connectivity index (χ1) is 11.7. The molecule has 3 heterocycles. The summed E-state index contributed by atoms with van der Waals surface area (Å²) in [5.41, 5.74) is 4.91. The molecule has 2 fully saturated rings. The minimum Gasteiger partial charge on any atom is -0.317 e. The molecule has 1 unspecified atom stereocenters. The summed E-state index contributed by atoms with van der Waals surface area (Å²) in [6.07, 6.45) is 9.15. The first kappa shape index (κ1) is 16.0. The van der Waals surface area contributed by atoms with Crippen LogP contribution in [-0.2, 0) is 13.0 Å². The molecule has 1 amide bonds. The second kappa shape index (κ2) is 6.43. The molecular formula is C18H26N4O2. The van der Waals surface area contributed by atoms with Gasteiger partial charge in [-0.2, -0.15) is 0 Å². The lowest BCUT2D eigenvalue weighted by Gasteiger charge is -2.37. The van der Waals surface area contributed by atoms with Crippen LogP contribution in [0, 0.1) is 5.41 Å². The Labute approximate surface area is 142 Å². The molecule has 3 aliphatic rings. The van der Waals surface area contributed by atoms with Crippen molar-refractivity contribution in [1.82, 2.24) is 20.7 Å². The molecule has 6 heteroatoms. The number of nitrogens with zero attached hydrogens (tertiary/aromatic N) is 2. The van der Waals surface area contributed by atoms with Gasteiger partial charge in [0.1, 0.15) is 0 Å². The number of nitrogens with one attached hydrogen (secondary N) is 2. The first-order valence-electron chi connectivity index (χ1n) is 9.06. The normalized spacial score (nSPS) is 26.3. The van der Waals surface area contributed by atoms with Gasteiger partial charge in [0, 0.05) is 25.3 Å². The van der Waals surface area contributed by atoms with Gasteiger partial charge < -0.3 is 5.32 Å². The molecule has 3 N–H and O–H groups in total. The van der Waals surface area contributed by atoms with Crippen molar-refractivity contribution in [2.75, 3.05) is 19.6 Å². The highest BCUT2D eigenvalue weighted by Crippen LogP contribution is 2.47. The van der Waals surface area contributed by atoms with Crippen LogP contribution >= 0.6 is 0 Å². The fraction of sp³-hybridized carbons (Fsp3) is 0.667. The molecule has 0 bridgehead atoms. The number of hydroxylamine groups is 1. The predicted octanol–water partition coefficient (Wildman–Crippen LogP) is 1.48. The monoisotopic (exact) mass is 330 g/mol. The number of hydrogen-bond donors (Lipinski definition) is 3. The Kier molecular flexibility index (Phi) is 4.28. The van der Waals surface area contributed by atoms with Crippen molar-refractivity contribution in [1.29, 1.82) is 0 Å². The van der Waals surface area contributed by atoms with Crippen molar-refractivity contribution in [2.45, 2.75) is 51.1 Å². The summed E-state index contributed by atoms with van der Waals surface area (Å²) in [7, 11) is 0. The summed E-state index contributed by atoms with van der Waals surface area (Å²) >= 11 is 0. The molecule has 2 aliphatic heterocycles. The van der Waals surface area contributed by atoms with Crippen LogP contribution in [0.5, 0.6) is 0 Å². The summed E-state index contributed by atoms with van der Waals surface area (Å²) < 4.78 is 0. The number of amides is 1. The number of aromatic nitrogens is 1. The van der Waals surface area contributed by atoms with E-state index < -0.39 is 5.91 Å². The number of pyridine rings is 1. The van der Waals surface area contributed by atoms with E-state index in [9.17, 15) is 4.79 Å². The van der Waals surface area contributed by atoms with E-state index in [0.29, 0.717) is 17.0 Å². The van der Waals surface area contributed by atoms with Gasteiger partial charge in [-0.3, -0.25) is 19.9 Å². The highest BCUT2D eigenvalue weighted by atomic mass is 16.5. The summed E-state index contributed by atoms with van der Waals surface area (Å²) in [5, 5.41) is 12.2. The molecule has 1 aliphatic carbocycles. The standard InChI is InChI=1S/C18H26N4O2/c23-17(21-24)14-9-13-2-8-22(12-16(13)20-11-14)15-1-3-18(10-15)4-6-19-7-5-18/h9,11,15,19,24H,1-8,10,12H2,(H,21,23). The highest BCUT2D eigenvalue weighted by Gasteiger charge is 2.42. The third-order valence-electron chi connectivity index (χ3n) is 6.30. The zero-order chi connectivity index (χ0) is 16.6. The molecule has 1 saturated heterocycles. The average molecular weight is 330 g/mol. The molecular weight excluding hydrogens is 304 g/mol. The number of fused-ring (bicyclic) bond motifs is 1. The lowest BCUT2D eigenvalue weighted by molar-refractivity contribution is 0.0705. The number of rotatable bonds is 2. The van der Waals surface area contributed by atoms with Crippen LogP contribution in [0.2, 0.25) is 0 Å². The van der Waals surface area contributed by atoms with E-state index in [2.05, 4.69) is 15.2 Å². The maximum Gasteiger partial charge on any atom is 0.276 e. The molecule has 1 spiro atoms. The summed E-state index contributed by atoms with van der Waals surface area (Å²) in [5.74, 6) is -0.489. The quantitative estimate of drug-likeness (QED) is 0.566. The number of piperidine rings is 1. The van der Waals surface area contributed by atoms with Crippen molar-refractivity contribution in [2.24, 2.45) is 5.41 Å². The first-order valence-corrected chi connectivity index (χ1v) is 9.06. The molecule has 0 aromatic carbocycles. The Morgan fingerprint density at radius 3 is 3.00 bits per heavy atom. The molecule has 130 valence electrons. The fourth-order valence-electron chi connectivity index (χ4n) is 4.83. The summed E-state index contributed by atoms with van der Waals surface area (Å²) in [6, 6.07) is 2.55. The molecule has 24 heavy (non-hydrogen) atoms. The second-order valence-electron chi connectivity index (χ2n) is 7.64. The van der Waals surface area contributed by atoms with Crippen molar-refractivity contribution < 1.29 is 10.0 Å². The van der Waals surface area contributed by atoms with Gasteiger partial charge in [0.25, 0.3) is 5.91 Å². The van der Waals surface area contributed by atoms with Gasteiger partial charge in [-0.15, -0.1) is 0 Å². The largest absolute Gasteiger partial charge is 0.317 e. The maximum absolute atomic E-state index is 11.5. The molecule has 1 aromatic heterocycles. The molecule has 4 rings (SSSR count). The van der Waals surface area contributed by atoms with Crippen molar-refractivity contribution in [3.05, 3.63) is 29.1 Å². The van der Waals surface area contributed by atoms with Gasteiger partial charge in [0.05, 0.1) is 11.3 Å². The topological polar surface area (TPSA) is 77.5 Å². The Morgan fingerprint density at radius 1 is 1.38 bits per heavy atom. The number of carbonyl (C=O) groups is 1. The predicted molar refractivity (Wildman–Crippen MR) is 89.8 cm³/mol. The molecule has 1 aromatic rings. The van der Waals surface area contributed by atoms with Gasteiger partial charge in [-0.25, -0.2) is 5.48 Å². The Morgan fingerprint density at radius 2 is 2.21 bits per heavy atom. The van der Waals surface area contributed by atoms with Gasteiger partial charge in [-0.1, -0.05) is 0 Å². The number of hydrogen-bond acceptors (Lipinski definition) is 5. The van der Waals surface area contributed by atoms with Gasteiger partial charge in [0.2, 0.25) is 0 Å². The van der Waals surface area contributed by atoms with Crippen LogP contribution in [0.4, 0.5) is 0 Å². The van der Waals surface area contributed by atoms with Crippen LogP contribution in [0.25, 0.3) is 0 Å². The van der Waals surface area contributed by atoms with E-state index in [4.69, 9.17) is 5.21 Å². The van der Waals surface area contributed by atoms with E-state index in [1.807, 2.05) is 6.07 Å². The van der Waals surface area contributed by atoms with Crippen LogP contribution in [0.3, 0.4) is 0 Å². The fourth-order valence-corrected chi connectivity index (χ4v) is 4.83. The third kappa shape index (κ3) is 2.94. The minimum atomic E-state index is -0.489. The van der Waals surface area contributed by atoms with E-state index in [1.54, 1.807) is 11.7 Å². The van der Waals surface area contributed by atoms with Gasteiger partial charge in [-0.05, 0) is 68.7 Å². The lowest BCUT2D eigenvalue weighted by Crippen LogP contribution is -2.40. The van der Waals surface area contributed by atoms with Crippen LogP contribution < -0.4 is 10.8 Å². The molecule has 0 radical (unpaired) electrons. The van der Waals surface area contributed by atoms with Gasteiger partial charge >= 0.3 is 0 Å². The van der Waals surface area contributed by atoms with E-state index in [0.717, 1.165) is 30.8 Å². The SMILES string of the molecule is O=C(NO)c1cnc2c(c1)CCN(C1CCC3(CCNCC3)C1)C2. The molecule has 1 atom stereocenters. The lowest BCUT2D eigenvalue weighted by atomic mass is 9.77. The van der Waals surface area contributed by atoms with E-state index >= 15 is 0 Å². The third-order valence-corrected chi connectivity index (χ3v) is 6.30.